The van der Waals surface area contributed by atoms with Gasteiger partial charge in [0.1, 0.15) is 5.56 Å². The third kappa shape index (κ3) is 3.17. The van der Waals surface area contributed by atoms with E-state index >= 15 is 0 Å². The van der Waals surface area contributed by atoms with E-state index in [4.69, 9.17) is 10.2 Å². The summed E-state index contributed by atoms with van der Waals surface area (Å²) in [5, 5.41) is 31.6. The molecule has 0 saturated carbocycles. The number of anilines is 1. The Kier molecular flexibility index (Phi) is 3.87. The molecule has 7 heteroatoms. The van der Waals surface area contributed by atoms with Gasteiger partial charge in [-0.1, -0.05) is 0 Å². The molecule has 0 unspecified atom stereocenters. The molecule has 1 aromatic carbocycles. The molecule has 0 bridgehead atoms. The Hall–Kier alpha value is -2.15. The lowest BCUT2D eigenvalue weighted by Crippen LogP contribution is -2.34. The molecular formula is C11H14N2O5. The highest BCUT2D eigenvalue weighted by molar-refractivity contribution is 5.93. The van der Waals surface area contributed by atoms with Crippen molar-refractivity contribution in [2.75, 3.05) is 11.9 Å². The number of nitro groups is 1. The van der Waals surface area contributed by atoms with Gasteiger partial charge >= 0.3 is 5.97 Å². The monoisotopic (exact) mass is 254 g/mol. The predicted molar refractivity (Wildman–Crippen MR) is 64.8 cm³/mol. The Morgan fingerprint density at radius 2 is 2.11 bits per heavy atom. The lowest BCUT2D eigenvalue weighted by atomic mass is 10.1. The minimum absolute atomic E-state index is 0.160. The van der Waals surface area contributed by atoms with Crippen LogP contribution in [0.3, 0.4) is 0 Å². The average Bonchev–Trinajstić information content (AvgIpc) is 2.28. The van der Waals surface area contributed by atoms with E-state index in [0.29, 0.717) is 5.69 Å². The number of carbonyl (C=O) groups is 1. The zero-order chi connectivity index (χ0) is 13.9. The summed E-state index contributed by atoms with van der Waals surface area (Å²) < 4.78 is 0. The Bertz CT molecular complexity index is 484. The van der Waals surface area contributed by atoms with Crippen LogP contribution in [0.2, 0.25) is 0 Å². The Balaban J connectivity index is 3.16. The molecule has 1 aromatic rings. The fraction of sp³-hybridized carbons (Fsp3) is 0.364. The molecule has 0 aliphatic heterocycles. The summed E-state index contributed by atoms with van der Waals surface area (Å²) in [6.07, 6.45) is 0. The lowest BCUT2D eigenvalue weighted by molar-refractivity contribution is -0.385. The van der Waals surface area contributed by atoms with Gasteiger partial charge in [-0.15, -0.1) is 0 Å². The van der Waals surface area contributed by atoms with Crippen molar-refractivity contribution in [2.24, 2.45) is 0 Å². The molecule has 3 N–H and O–H groups in total. The predicted octanol–water partition coefficient (Wildman–Crippen LogP) is 1.48. The Morgan fingerprint density at radius 1 is 1.50 bits per heavy atom. The van der Waals surface area contributed by atoms with Crippen LogP contribution in [0.25, 0.3) is 0 Å². The van der Waals surface area contributed by atoms with Crippen molar-refractivity contribution in [1.29, 1.82) is 0 Å². The molecule has 0 aliphatic rings. The number of hydrogen-bond acceptors (Lipinski definition) is 5. The van der Waals surface area contributed by atoms with Crippen molar-refractivity contribution in [3.63, 3.8) is 0 Å². The van der Waals surface area contributed by atoms with Crippen LogP contribution in [-0.4, -0.2) is 33.3 Å². The van der Waals surface area contributed by atoms with Crippen LogP contribution in [0.1, 0.15) is 24.2 Å². The largest absolute Gasteiger partial charge is 0.477 e. The van der Waals surface area contributed by atoms with Crippen molar-refractivity contribution in [3.8, 4) is 0 Å². The SMILES string of the molecule is CC(C)(CO)Nc1ccc([N+](=O)[O-])c(C(=O)O)c1. The van der Waals surface area contributed by atoms with E-state index in [1.807, 2.05) is 0 Å². The molecule has 0 amide bonds. The molecule has 7 nitrogen and oxygen atoms in total. The molecule has 0 atom stereocenters. The minimum atomic E-state index is -1.37. The second-order valence-electron chi connectivity index (χ2n) is 4.46. The van der Waals surface area contributed by atoms with Crippen LogP contribution in [0.15, 0.2) is 18.2 Å². The zero-order valence-electron chi connectivity index (χ0n) is 10.0. The molecule has 0 spiro atoms. The summed E-state index contributed by atoms with van der Waals surface area (Å²) in [7, 11) is 0. The number of carboxylic acids is 1. The van der Waals surface area contributed by atoms with Gasteiger partial charge in [0.2, 0.25) is 0 Å². The summed E-state index contributed by atoms with van der Waals surface area (Å²) in [5.74, 6) is -1.37. The standard InChI is InChI=1S/C11H14N2O5/c1-11(2,6-14)12-7-3-4-9(13(17)18)8(5-7)10(15)16/h3-5,12,14H,6H2,1-2H3,(H,15,16). The topological polar surface area (TPSA) is 113 Å². The van der Waals surface area contributed by atoms with Gasteiger partial charge < -0.3 is 15.5 Å². The van der Waals surface area contributed by atoms with E-state index in [2.05, 4.69) is 5.32 Å². The fourth-order valence-corrected chi connectivity index (χ4v) is 1.37. The number of aliphatic hydroxyl groups excluding tert-OH is 1. The van der Waals surface area contributed by atoms with Gasteiger partial charge in [0.05, 0.1) is 17.1 Å². The van der Waals surface area contributed by atoms with E-state index in [9.17, 15) is 14.9 Å². The second-order valence-corrected chi connectivity index (χ2v) is 4.46. The van der Waals surface area contributed by atoms with Crippen molar-refractivity contribution < 1.29 is 19.9 Å². The van der Waals surface area contributed by atoms with Crippen molar-refractivity contribution >= 4 is 17.3 Å². The Morgan fingerprint density at radius 3 is 2.56 bits per heavy atom. The van der Waals surface area contributed by atoms with Gasteiger partial charge in [-0.25, -0.2) is 4.79 Å². The highest BCUT2D eigenvalue weighted by atomic mass is 16.6. The second kappa shape index (κ2) is 5.01. The number of aliphatic hydroxyl groups is 1. The van der Waals surface area contributed by atoms with E-state index < -0.39 is 27.7 Å². The summed E-state index contributed by atoms with van der Waals surface area (Å²) in [6, 6.07) is 3.71. The smallest absolute Gasteiger partial charge is 0.342 e. The summed E-state index contributed by atoms with van der Waals surface area (Å²) in [4.78, 5) is 20.8. The highest BCUT2D eigenvalue weighted by Gasteiger charge is 2.22. The van der Waals surface area contributed by atoms with Gasteiger partial charge in [-0.3, -0.25) is 10.1 Å². The van der Waals surface area contributed by atoms with E-state index in [-0.39, 0.29) is 6.61 Å². The van der Waals surface area contributed by atoms with Crippen molar-refractivity contribution in [2.45, 2.75) is 19.4 Å². The number of nitrogens with zero attached hydrogens (tertiary/aromatic N) is 1. The summed E-state index contributed by atoms with van der Waals surface area (Å²) >= 11 is 0. The van der Waals surface area contributed by atoms with E-state index in [0.717, 1.165) is 6.07 Å². The number of nitro benzene ring substituents is 1. The maximum Gasteiger partial charge on any atom is 0.342 e. The quantitative estimate of drug-likeness (QED) is 0.541. The molecule has 0 radical (unpaired) electrons. The van der Waals surface area contributed by atoms with Crippen LogP contribution < -0.4 is 5.32 Å². The number of nitrogens with one attached hydrogen (secondary N) is 1. The van der Waals surface area contributed by atoms with Crippen LogP contribution >= 0.6 is 0 Å². The van der Waals surface area contributed by atoms with Crippen LogP contribution in [-0.2, 0) is 0 Å². The van der Waals surface area contributed by atoms with Crippen LogP contribution in [0.5, 0.6) is 0 Å². The van der Waals surface area contributed by atoms with Crippen LogP contribution in [0.4, 0.5) is 11.4 Å². The first-order valence-electron chi connectivity index (χ1n) is 5.17. The number of benzene rings is 1. The van der Waals surface area contributed by atoms with E-state index in [1.54, 1.807) is 13.8 Å². The number of hydrogen-bond donors (Lipinski definition) is 3. The zero-order valence-corrected chi connectivity index (χ0v) is 10.0. The van der Waals surface area contributed by atoms with Crippen molar-refractivity contribution in [1.82, 2.24) is 0 Å². The maximum atomic E-state index is 10.9. The first kappa shape index (κ1) is 13.9. The van der Waals surface area contributed by atoms with Gasteiger partial charge in [0, 0.05) is 11.8 Å². The highest BCUT2D eigenvalue weighted by Crippen LogP contribution is 2.24. The molecule has 0 saturated heterocycles. The third-order valence-corrected chi connectivity index (χ3v) is 2.30. The third-order valence-electron chi connectivity index (χ3n) is 2.30. The first-order chi connectivity index (χ1) is 8.26. The molecule has 0 fully saturated rings. The molecule has 1 rings (SSSR count). The Labute approximate surface area is 103 Å². The summed E-state index contributed by atoms with van der Waals surface area (Å²) in [5.41, 5.74) is -1.10. The molecule has 0 heterocycles. The van der Waals surface area contributed by atoms with E-state index in [1.165, 1.54) is 12.1 Å². The van der Waals surface area contributed by atoms with Gasteiger partial charge in [-0.05, 0) is 26.0 Å². The van der Waals surface area contributed by atoms with Gasteiger partial charge in [0.15, 0.2) is 0 Å². The summed E-state index contributed by atoms with van der Waals surface area (Å²) in [6.45, 7) is 3.27. The molecule has 98 valence electrons. The number of rotatable bonds is 5. The normalized spacial score (nSPS) is 11.1. The fourth-order valence-electron chi connectivity index (χ4n) is 1.37. The number of aromatic carboxylic acids is 1. The maximum absolute atomic E-state index is 10.9. The van der Waals surface area contributed by atoms with Crippen molar-refractivity contribution in [3.05, 3.63) is 33.9 Å². The molecular weight excluding hydrogens is 240 g/mol. The first-order valence-corrected chi connectivity index (χ1v) is 5.17. The average molecular weight is 254 g/mol. The van der Waals surface area contributed by atoms with Gasteiger partial charge in [-0.2, -0.15) is 0 Å². The number of carboxylic acid groups (broad SMARTS) is 1. The van der Waals surface area contributed by atoms with Crippen LogP contribution in [0, 0.1) is 10.1 Å². The molecule has 0 aliphatic carbocycles. The van der Waals surface area contributed by atoms with Gasteiger partial charge in [0.25, 0.3) is 5.69 Å². The molecule has 0 aromatic heterocycles. The lowest BCUT2D eigenvalue weighted by Gasteiger charge is -2.25. The minimum Gasteiger partial charge on any atom is -0.477 e. The molecule has 18 heavy (non-hydrogen) atoms.